The molecule has 31 heavy (non-hydrogen) atoms. The smallest absolute Gasteiger partial charge is 0.416 e. The summed E-state index contributed by atoms with van der Waals surface area (Å²) < 4.78 is 49.3. The van der Waals surface area contributed by atoms with Gasteiger partial charge in [0.25, 0.3) is 0 Å². The number of carboxylic acids is 1. The molecule has 0 bridgehead atoms. The predicted octanol–water partition coefficient (Wildman–Crippen LogP) is 5.33. The van der Waals surface area contributed by atoms with Crippen molar-refractivity contribution in [3.8, 4) is 16.3 Å². The number of carbonyl (C=O) groups is 1. The molecule has 0 aliphatic heterocycles. The number of rotatable bonds is 6. The van der Waals surface area contributed by atoms with Gasteiger partial charge in [0.1, 0.15) is 10.8 Å². The highest BCUT2D eigenvalue weighted by Gasteiger charge is 2.30. The van der Waals surface area contributed by atoms with Crippen LogP contribution >= 0.6 is 11.3 Å². The summed E-state index contributed by atoms with van der Waals surface area (Å²) in [4.78, 5) is 20.5. The summed E-state index contributed by atoms with van der Waals surface area (Å²) in [7, 11) is 0. The number of benzene rings is 2. The highest BCUT2D eigenvalue weighted by Crippen LogP contribution is 2.34. The van der Waals surface area contributed by atoms with Crippen LogP contribution in [0, 0.1) is 6.92 Å². The van der Waals surface area contributed by atoms with E-state index in [1.807, 2.05) is 6.92 Å². The molecule has 0 fully saturated rings. The molecular formula is C21H15F3N2O4S. The number of oxazole rings is 1. The van der Waals surface area contributed by atoms with Crippen molar-refractivity contribution in [1.29, 1.82) is 0 Å². The van der Waals surface area contributed by atoms with Crippen molar-refractivity contribution in [2.24, 2.45) is 0 Å². The molecule has 2 heterocycles. The third kappa shape index (κ3) is 4.53. The van der Waals surface area contributed by atoms with E-state index in [1.165, 1.54) is 23.5 Å². The Labute approximate surface area is 177 Å². The summed E-state index contributed by atoms with van der Waals surface area (Å²) in [6.07, 6.45) is -4.06. The summed E-state index contributed by atoms with van der Waals surface area (Å²) in [6, 6.07) is 9.85. The second kappa shape index (κ2) is 8.03. The number of nitrogens with zero attached hydrogens (tertiary/aromatic N) is 2. The second-order valence-corrected chi connectivity index (χ2v) is 7.76. The Hall–Kier alpha value is -3.40. The first-order valence-corrected chi connectivity index (χ1v) is 9.89. The van der Waals surface area contributed by atoms with E-state index >= 15 is 0 Å². The Kier molecular flexibility index (Phi) is 5.40. The third-order valence-electron chi connectivity index (χ3n) is 4.44. The molecule has 160 valence electrons. The quantitative estimate of drug-likeness (QED) is 0.429. The van der Waals surface area contributed by atoms with Crippen LogP contribution in [0.5, 0.6) is 5.75 Å². The molecule has 0 aliphatic carbocycles. The lowest BCUT2D eigenvalue weighted by atomic mass is 10.1. The van der Waals surface area contributed by atoms with Crippen LogP contribution in [0.4, 0.5) is 13.2 Å². The molecule has 6 nitrogen and oxygen atoms in total. The number of fused-ring (bicyclic) bond motifs is 1. The average molecular weight is 448 g/mol. The van der Waals surface area contributed by atoms with E-state index in [9.17, 15) is 18.0 Å². The van der Waals surface area contributed by atoms with Crippen molar-refractivity contribution in [3.05, 3.63) is 64.5 Å². The maximum Gasteiger partial charge on any atom is 0.416 e. The normalized spacial score (nSPS) is 11.7. The van der Waals surface area contributed by atoms with Crippen LogP contribution in [0.25, 0.3) is 21.7 Å². The first-order chi connectivity index (χ1) is 14.7. The number of hydrogen-bond acceptors (Lipinski definition) is 6. The summed E-state index contributed by atoms with van der Waals surface area (Å²) in [5.74, 6) is -0.398. The fraction of sp³-hybridized carbons (Fsp3) is 0.190. The Morgan fingerprint density at radius 1 is 1.16 bits per heavy atom. The van der Waals surface area contributed by atoms with E-state index in [0.717, 1.165) is 22.7 Å². The minimum atomic E-state index is -4.39. The molecule has 0 atom stereocenters. The highest BCUT2D eigenvalue weighted by atomic mass is 32.1. The maximum absolute atomic E-state index is 12.8. The highest BCUT2D eigenvalue weighted by molar-refractivity contribution is 7.15. The van der Waals surface area contributed by atoms with E-state index in [0.29, 0.717) is 39.7 Å². The van der Waals surface area contributed by atoms with Crippen LogP contribution < -0.4 is 4.74 Å². The van der Waals surface area contributed by atoms with E-state index in [2.05, 4.69) is 9.97 Å². The van der Waals surface area contributed by atoms with Crippen molar-refractivity contribution in [2.75, 3.05) is 6.61 Å². The summed E-state index contributed by atoms with van der Waals surface area (Å²) in [5.41, 5.74) is 1.49. The van der Waals surface area contributed by atoms with Crippen LogP contribution in [-0.4, -0.2) is 27.7 Å². The van der Waals surface area contributed by atoms with Gasteiger partial charge in [-0.05, 0) is 31.2 Å². The van der Waals surface area contributed by atoms with Gasteiger partial charge < -0.3 is 14.3 Å². The molecule has 2 aromatic heterocycles. The Morgan fingerprint density at radius 3 is 2.58 bits per heavy atom. The molecular weight excluding hydrogens is 433 g/mol. The number of thiazole rings is 1. The fourth-order valence-corrected chi connectivity index (χ4v) is 4.01. The van der Waals surface area contributed by atoms with E-state index in [1.54, 1.807) is 18.2 Å². The second-order valence-electron chi connectivity index (χ2n) is 6.67. The Bertz CT molecular complexity index is 1250. The number of halogens is 3. The molecule has 0 radical (unpaired) electrons. The number of hydrogen-bond donors (Lipinski definition) is 1. The number of ether oxygens (including phenoxy) is 1. The van der Waals surface area contributed by atoms with Crippen LogP contribution in [0.3, 0.4) is 0 Å². The molecule has 0 aliphatic rings. The van der Waals surface area contributed by atoms with Crippen LogP contribution in [0.2, 0.25) is 0 Å². The maximum atomic E-state index is 12.8. The number of carboxylic acid groups (broad SMARTS) is 1. The molecule has 1 N–H and O–H groups in total. The van der Waals surface area contributed by atoms with Gasteiger partial charge in [-0.25, -0.2) is 14.8 Å². The van der Waals surface area contributed by atoms with Crippen LogP contribution in [0.15, 0.2) is 46.9 Å². The van der Waals surface area contributed by atoms with Gasteiger partial charge in [-0.1, -0.05) is 18.2 Å². The first kappa shape index (κ1) is 20.9. The summed E-state index contributed by atoms with van der Waals surface area (Å²) in [5, 5.41) is 9.40. The molecule has 0 unspecified atom stereocenters. The summed E-state index contributed by atoms with van der Waals surface area (Å²) >= 11 is 1.35. The van der Waals surface area contributed by atoms with E-state index < -0.39 is 24.3 Å². The molecule has 4 rings (SSSR count). The van der Waals surface area contributed by atoms with Gasteiger partial charge >= 0.3 is 12.1 Å². The molecule has 10 heteroatoms. The zero-order valence-corrected chi connectivity index (χ0v) is 16.9. The molecule has 4 aromatic rings. The number of para-hydroxylation sites is 1. The number of aliphatic carboxylic acids is 1. The predicted molar refractivity (Wildman–Crippen MR) is 107 cm³/mol. The average Bonchev–Trinajstić information content (AvgIpc) is 3.29. The van der Waals surface area contributed by atoms with Gasteiger partial charge in [-0.2, -0.15) is 13.2 Å². The lowest BCUT2D eigenvalue weighted by Gasteiger charge is -2.06. The van der Waals surface area contributed by atoms with Crippen LogP contribution in [-0.2, 0) is 17.4 Å². The number of alkyl halides is 3. The molecule has 0 spiro atoms. The van der Waals surface area contributed by atoms with Gasteiger partial charge in [0.2, 0.25) is 5.89 Å². The van der Waals surface area contributed by atoms with Crippen molar-refractivity contribution < 1.29 is 32.2 Å². The minimum absolute atomic E-state index is 0.307. The lowest BCUT2D eigenvalue weighted by molar-refractivity contribution is -0.139. The van der Waals surface area contributed by atoms with Gasteiger partial charge in [-0.15, -0.1) is 11.3 Å². The third-order valence-corrected chi connectivity index (χ3v) is 5.65. The monoisotopic (exact) mass is 448 g/mol. The lowest BCUT2D eigenvalue weighted by Crippen LogP contribution is -2.09. The molecule has 0 saturated heterocycles. The zero-order chi connectivity index (χ0) is 22.2. The fourth-order valence-electron chi connectivity index (χ4n) is 2.96. The Balaban J connectivity index is 1.58. The number of aromatic nitrogens is 2. The van der Waals surface area contributed by atoms with Crippen molar-refractivity contribution in [2.45, 2.75) is 19.5 Å². The Morgan fingerprint density at radius 2 is 1.90 bits per heavy atom. The zero-order valence-electron chi connectivity index (χ0n) is 16.1. The van der Waals surface area contributed by atoms with Crippen molar-refractivity contribution in [1.82, 2.24) is 9.97 Å². The SMILES string of the molecule is Cc1nc(-c2ccc(C(F)(F)F)cc2)sc1Cc1nc2c(OCC(=O)O)cccc2o1. The standard InChI is InChI=1S/C21H15F3N2O4S/c1-11-16(31-20(25-11)12-5-7-13(8-6-12)21(22,23)24)9-17-26-19-14(29-10-18(27)28)3-2-4-15(19)30-17/h2-8H,9-10H2,1H3,(H,27,28). The van der Waals surface area contributed by atoms with E-state index in [4.69, 9.17) is 14.3 Å². The molecule has 0 saturated carbocycles. The first-order valence-electron chi connectivity index (χ1n) is 9.07. The molecule has 2 aromatic carbocycles. The van der Waals surface area contributed by atoms with Crippen molar-refractivity contribution >= 4 is 28.4 Å². The van der Waals surface area contributed by atoms with Gasteiger partial charge in [0, 0.05) is 10.4 Å². The molecule has 0 amide bonds. The topological polar surface area (TPSA) is 85.5 Å². The van der Waals surface area contributed by atoms with Crippen LogP contribution in [0.1, 0.15) is 22.0 Å². The van der Waals surface area contributed by atoms with Gasteiger partial charge in [-0.3, -0.25) is 0 Å². The largest absolute Gasteiger partial charge is 0.479 e. The van der Waals surface area contributed by atoms with Crippen molar-refractivity contribution in [3.63, 3.8) is 0 Å². The van der Waals surface area contributed by atoms with Gasteiger partial charge in [0.05, 0.1) is 17.7 Å². The van der Waals surface area contributed by atoms with E-state index in [-0.39, 0.29) is 0 Å². The summed E-state index contributed by atoms with van der Waals surface area (Å²) in [6.45, 7) is 1.31. The number of aryl methyl sites for hydroxylation is 1. The van der Waals surface area contributed by atoms with Gasteiger partial charge in [0.15, 0.2) is 17.7 Å². The minimum Gasteiger partial charge on any atom is -0.479 e.